The first kappa shape index (κ1) is 5.92. The van der Waals surface area contributed by atoms with Gasteiger partial charge in [-0.2, -0.15) is 5.10 Å². The minimum absolute atomic E-state index is 0.229. The predicted molar refractivity (Wildman–Crippen MR) is 36.8 cm³/mol. The molecule has 0 bridgehead atoms. The van der Waals surface area contributed by atoms with Gasteiger partial charge < -0.3 is 4.74 Å². The van der Waals surface area contributed by atoms with E-state index >= 15 is 0 Å². The van der Waals surface area contributed by atoms with Crippen LogP contribution < -0.4 is 0 Å². The molecule has 0 aromatic carbocycles. The van der Waals surface area contributed by atoms with Crippen LogP contribution in [-0.2, 0) is 10.2 Å². The molecular formula is C7H10N2O. The van der Waals surface area contributed by atoms with E-state index in [0.29, 0.717) is 0 Å². The van der Waals surface area contributed by atoms with Gasteiger partial charge in [0, 0.05) is 17.2 Å². The van der Waals surface area contributed by atoms with Crippen LogP contribution in [0.2, 0.25) is 0 Å². The number of hydrogen-bond acceptors (Lipinski definition) is 2. The third kappa shape index (κ3) is 0.671. The molecule has 0 unspecified atom stereocenters. The van der Waals surface area contributed by atoms with Gasteiger partial charge in [-0.15, -0.1) is 0 Å². The number of aromatic amines is 1. The summed E-state index contributed by atoms with van der Waals surface area (Å²) in [7, 11) is 0. The van der Waals surface area contributed by atoms with E-state index in [1.165, 1.54) is 5.56 Å². The average Bonchev–Trinajstić information content (AvgIpc) is 2.33. The summed E-state index contributed by atoms with van der Waals surface area (Å²) >= 11 is 0. The monoisotopic (exact) mass is 138 g/mol. The molecule has 2 heterocycles. The zero-order valence-corrected chi connectivity index (χ0v) is 5.92. The van der Waals surface area contributed by atoms with Gasteiger partial charge in [-0.1, -0.05) is 6.92 Å². The van der Waals surface area contributed by atoms with E-state index in [0.717, 1.165) is 13.2 Å². The fraction of sp³-hybridized carbons (Fsp3) is 0.571. The van der Waals surface area contributed by atoms with Crippen molar-refractivity contribution in [3.8, 4) is 0 Å². The zero-order chi connectivity index (χ0) is 7.03. The van der Waals surface area contributed by atoms with Crippen molar-refractivity contribution in [1.82, 2.24) is 10.2 Å². The smallest absolute Gasteiger partial charge is 0.0584 e. The van der Waals surface area contributed by atoms with Crippen LogP contribution in [0.4, 0.5) is 0 Å². The molecule has 3 nitrogen and oxygen atoms in total. The molecule has 54 valence electrons. The van der Waals surface area contributed by atoms with E-state index in [4.69, 9.17) is 4.74 Å². The van der Waals surface area contributed by atoms with Gasteiger partial charge in [-0.3, -0.25) is 5.10 Å². The Hall–Kier alpha value is -0.830. The quantitative estimate of drug-likeness (QED) is 0.620. The Labute approximate surface area is 59.4 Å². The van der Waals surface area contributed by atoms with E-state index in [1.54, 1.807) is 0 Å². The molecule has 1 N–H and O–H groups in total. The highest BCUT2D eigenvalue weighted by molar-refractivity contribution is 5.20. The second-order valence-electron chi connectivity index (χ2n) is 3.04. The maximum atomic E-state index is 5.12. The summed E-state index contributed by atoms with van der Waals surface area (Å²) in [6, 6.07) is 0. The third-order valence-electron chi connectivity index (χ3n) is 2.04. The molecule has 0 aliphatic carbocycles. The van der Waals surface area contributed by atoms with Gasteiger partial charge in [0.1, 0.15) is 0 Å². The molecule has 1 aromatic heterocycles. The lowest BCUT2D eigenvalue weighted by Gasteiger charge is -2.37. The van der Waals surface area contributed by atoms with Crippen molar-refractivity contribution in [3.63, 3.8) is 0 Å². The van der Waals surface area contributed by atoms with Crippen LogP contribution in [0.3, 0.4) is 0 Å². The number of nitrogens with zero attached hydrogens (tertiary/aromatic N) is 1. The molecule has 0 saturated carbocycles. The minimum Gasteiger partial charge on any atom is -0.379 e. The van der Waals surface area contributed by atoms with Gasteiger partial charge in [0.05, 0.1) is 19.4 Å². The fourth-order valence-electron chi connectivity index (χ4n) is 1.16. The number of rotatable bonds is 1. The molecule has 0 atom stereocenters. The molecule has 0 radical (unpaired) electrons. The Balaban J connectivity index is 2.27. The molecule has 10 heavy (non-hydrogen) atoms. The van der Waals surface area contributed by atoms with Gasteiger partial charge in [-0.05, 0) is 0 Å². The minimum atomic E-state index is 0.229. The highest BCUT2D eigenvalue weighted by atomic mass is 16.5. The number of ether oxygens (including phenoxy) is 1. The molecule has 1 aromatic rings. The van der Waals surface area contributed by atoms with Gasteiger partial charge >= 0.3 is 0 Å². The second-order valence-corrected chi connectivity index (χ2v) is 3.04. The summed E-state index contributed by atoms with van der Waals surface area (Å²) in [6.07, 6.45) is 3.80. The van der Waals surface area contributed by atoms with Gasteiger partial charge in [-0.25, -0.2) is 0 Å². The molecule has 0 amide bonds. The summed E-state index contributed by atoms with van der Waals surface area (Å²) in [5, 5.41) is 6.69. The number of nitrogens with one attached hydrogen (secondary N) is 1. The molecule has 3 heteroatoms. The zero-order valence-electron chi connectivity index (χ0n) is 5.92. The van der Waals surface area contributed by atoms with E-state index < -0.39 is 0 Å². The first-order chi connectivity index (χ1) is 4.81. The summed E-state index contributed by atoms with van der Waals surface area (Å²) in [5.74, 6) is 0. The second kappa shape index (κ2) is 1.83. The largest absolute Gasteiger partial charge is 0.379 e. The van der Waals surface area contributed by atoms with Gasteiger partial charge in [0.2, 0.25) is 0 Å². The van der Waals surface area contributed by atoms with E-state index in [2.05, 4.69) is 17.1 Å². The number of H-pyrrole nitrogens is 1. The van der Waals surface area contributed by atoms with E-state index in [1.807, 2.05) is 12.4 Å². The average molecular weight is 138 g/mol. The summed E-state index contributed by atoms with van der Waals surface area (Å²) < 4.78 is 5.12. The van der Waals surface area contributed by atoms with Crippen molar-refractivity contribution >= 4 is 0 Å². The van der Waals surface area contributed by atoms with Crippen molar-refractivity contribution in [2.45, 2.75) is 12.3 Å². The highest BCUT2D eigenvalue weighted by Crippen LogP contribution is 2.30. The molecule has 0 spiro atoms. The number of aromatic nitrogens is 2. The molecule has 1 saturated heterocycles. The Morgan fingerprint density at radius 3 is 2.90 bits per heavy atom. The first-order valence-corrected chi connectivity index (χ1v) is 3.38. The van der Waals surface area contributed by atoms with Crippen LogP contribution >= 0.6 is 0 Å². The molecular weight excluding hydrogens is 128 g/mol. The Morgan fingerprint density at radius 1 is 1.70 bits per heavy atom. The summed E-state index contributed by atoms with van der Waals surface area (Å²) in [5.41, 5.74) is 1.48. The topological polar surface area (TPSA) is 37.9 Å². The molecule has 2 rings (SSSR count). The fourth-order valence-corrected chi connectivity index (χ4v) is 1.16. The van der Waals surface area contributed by atoms with Crippen LogP contribution in [0.25, 0.3) is 0 Å². The normalized spacial score (nSPS) is 22.1. The lowest BCUT2D eigenvalue weighted by atomic mass is 9.83. The Bertz CT molecular complexity index is 214. The van der Waals surface area contributed by atoms with Crippen LogP contribution in [0.5, 0.6) is 0 Å². The highest BCUT2D eigenvalue weighted by Gasteiger charge is 2.35. The first-order valence-electron chi connectivity index (χ1n) is 3.38. The van der Waals surface area contributed by atoms with Crippen molar-refractivity contribution in [2.75, 3.05) is 13.2 Å². The number of hydrogen-bond donors (Lipinski definition) is 1. The lowest BCUT2D eigenvalue weighted by molar-refractivity contribution is -0.0499. The van der Waals surface area contributed by atoms with Crippen molar-refractivity contribution < 1.29 is 4.74 Å². The SMILES string of the molecule is CC1(c2cn[nH]c2)COC1. The Morgan fingerprint density at radius 2 is 2.50 bits per heavy atom. The molecule has 1 aliphatic rings. The predicted octanol–water partition coefficient (Wildman–Crippen LogP) is 0.698. The van der Waals surface area contributed by atoms with Crippen molar-refractivity contribution in [1.29, 1.82) is 0 Å². The van der Waals surface area contributed by atoms with Crippen LogP contribution in [-0.4, -0.2) is 23.4 Å². The van der Waals surface area contributed by atoms with E-state index in [-0.39, 0.29) is 5.41 Å². The maximum absolute atomic E-state index is 5.12. The van der Waals surface area contributed by atoms with Gasteiger partial charge in [0.15, 0.2) is 0 Å². The summed E-state index contributed by atoms with van der Waals surface area (Å²) in [4.78, 5) is 0. The Kier molecular flexibility index (Phi) is 1.08. The van der Waals surface area contributed by atoms with Crippen molar-refractivity contribution in [3.05, 3.63) is 18.0 Å². The standard InChI is InChI=1S/C7H10N2O/c1-7(4-10-5-7)6-2-8-9-3-6/h2-3H,4-5H2,1H3,(H,8,9). The maximum Gasteiger partial charge on any atom is 0.0584 e. The summed E-state index contributed by atoms with van der Waals surface area (Å²) in [6.45, 7) is 3.83. The molecule has 1 fully saturated rings. The third-order valence-corrected chi connectivity index (χ3v) is 2.04. The van der Waals surface area contributed by atoms with Crippen LogP contribution in [0.1, 0.15) is 12.5 Å². The lowest BCUT2D eigenvalue weighted by Crippen LogP contribution is -2.43. The van der Waals surface area contributed by atoms with Crippen LogP contribution in [0.15, 0.2) is 12.4 Å². The van der Waals surface area contributed by atoms with Gasteiger partial charge in [0.25, 0.3) is 0 Å². The van der Waals surface area contributed by atoms with Crippen LogP contribution in [0, 0.1) is 0 Å². The molecule has 1 aliphatic heterocycles. The van der Waals surface area contributed by atoms with E-state index in [9.17, 15) is 0 Å². The van der Waals surface area contributed by atoms with Crippen molar-refractivity contribution in [2.24, 2.45) is 0 Å².